The van der Waals surface area contributed by atoms with E-state index in [0.29, 0.717) is 0 Å². The third kappa shape index (κ3) is 5.70. The monoisotopic (exact) mass is 289 g/mol. The van der Waals surface area contributed by atoms with Crippen LogP contribution in [0.5, 0.6) is 5.75 Å². The Bertz CT molecular complexity index is 376. The van der Waals surface area contributed by atoms with Gasteiger partial charge in [0.2, 0.25) is 0 Å². The van der Waals surface area contributed by atoms with Crippen molar-refractivity contribution < 1.29 is 4.74 Å². The zero-order valence-corrected chi connectivity index (χ0v) is 13.7. The minimum absolute atomic E-state index is 0.850. The van der Waals surface area contributed by atoms with Crippen molar-refractivity contribution in [1.82, 2.24) is 5.32 Å². The maximum absolute atomic E-state index is 5.82. The molecule has 1 aliphatic carbocycles. The van der Waals surface area contributed by atoms with Gasteiger partial charge in [0, 0.05) is 0 Å². The van der Waals surface area contributed by atoms with Crippen molar-refractivity contribution >= 4 is 0 Å². The Morgan fingerprint density at radius 2 is 1.95 bits per heavy atom. The van der Waals surface area contributed by atoms with Crippen LogP contribution >= 0.6 is 0 Å². The van der Waals surface area contributed by atoms with Crippen molar-refractivity contribution in [2.45, 2.75) is 46.0 Å². The molecule has 0 heterocycles. The average Bonchev–Trinajstić information content (AvgIpc) is 2.52. The van der Waals surface area contributed by atoms with Crippen LogP contribution in [0, 0.1) is 17.8 Å². The van der Waals surface area contributed by atoms with Gasteiger partial charge in [0.05, 0.1) is 6.61 Å². The molecule has 1 N–H and O–H groups in total. The molecule has 0 spiro atoms. The lowest BCUT2D eigenvalue weighted by atomic mass is 9.73. The number of hydrogen-bond donors (Lipinski definition) is 1. The number of rotatable bonds is 8. The van der Waals surface area contributed by atoms with Crippen LogP contribution in [0.25, 0.3) is 0 Å². The summed E-state index contributed by atoms with van der Waals surface area (Å²) in [6, 6.07) is 10.2. The number of para-hydroxylation sites is 1. The molecule has 1 aromatic carbocycles. The molecule has 1 aromatic rings. The summed E-state index contributed by atoms with van der Waals surface area (Å²) in [4.78, 5) is 0. The van der Waals surface area contributed by atoms with Crippen LogP contribution in [0.2, 0.25) is 0 Å². The molecule has 0 bridgehead atoms. The molecule has 0 amide bonds. The van der Waals surface area contributed by atoms with Crippen LogP contribution < -0.4 is 10.1 Å². The van der Waals surface area contributed by atoms with Crippen molar-refractivity contribution in [1.29, 1.82) is 0 Å². The summed E-state index contributed by atoms with van der Waals surface area (Å²) in [5.74, 6) is 3.66. The predicted octanol–water partition coefficient (Wildman–Crippen LogP) is 4.51. The van der Waals surface area contributed by atoms with E-state index in [2.05, 4.69) is 19.2 Å². The smallest absolute Gasteiger partial charge is 0.119 e. The van der Waals surface area contributed by atoms with Crippen LogP contribution in [0.4, 0.5) is 0 Å². The maximum atomic E-state index is 5.82. The van der Waals surface area contributed by atoms with Crippen LogP contribution in [-0.2, 0) is 0 Å². The SMILES string of the molecule is CCNCC1CCC(C)CC1CCCOc1ccccc1. The third-order valence-corrected chi connectivity index (χ3v) is 4.79. The number of ether oxygens (including phenoxy) is 1. The summed E-state index contributed by atoms with van der Waals surface area (Å²) in [5.41, 5.74) is 0. The molecule has 21 heavy (non-hydrogen) atoms. The number of benzene rings is 1. The summed E-state index contributed by atoms with van der Waals surface area (Å²) < 4.78 is 5.82. The fourth-order valence-corrected chi connectivity index (χ4v) is 3.57. The first-order valence-corrected chi connectivity index (χ1v) is 8.68. The highest BCUT2D eigenvalue weighted by Crippen LogP contribution is 2.36. The summed E-state index contributed by atoms with van der Waals surface area (Å²) in [6.45, 7) is 7.76. The van der Waals surface area contributed by atoms with Crippen molar-refractivity contribution in [2.75, 3.05) is 19.7 Å². The van der Waals surface area contributed by atoms with Gasteiger partial charge < -0.3 is 10.1 Å². The molecule has 2 heteroatoms. The Labute approximate surface area is 130 Å². The van der Waals surface area contributed by atoms with Crippen molar-refractivity contribution in [3.8, 4) is 5.75 Å². The second-order valence-corrected chi connectivity index (χ2v) is 6.55. The maximum Gasteiger partial charge on any atom is 0.119 e. The van der Waals surface area contributed by atoms with E-state index < -0.39 is 0 Å². The predicted molar refractivity (Wildman–Crippen MR) is 89.7 cm³/mol. The molecular formula is C19H31NO. The van der Waals surface area contributed by atoms with Crippen molar-refractivity contribution in [2.24, 2.45) is 17.8 Å². The van der Waals surface area contributed by atoms with Crippen LogP contribution in [0.1, 0.15) is 46.0 Å². The summed E-state index contributed by atoms with van der Waals surface area (Å²) in [5, 5.41) is 3.55. The second-order valence-electron chi connectivity index (χ2n) is 6.55. The van der Waals surface area contributed by atoms with Crippen LogP contribution in [0.3, 0.4) is 0 Å². The molecule has 0 aromatic heterocycles. The summed E-state index contributed by atoms with van der Waals surface area (Å²) in [7, 11) is 0. The first kappa shape index (κ1) is 16.4. The van der Waals surface area contributed by atoms with E-state index in [4.69, 9.17) is 4.74 Å². The van der Waals surface area contributed by atoms with E-state index in [-0.39, 0.29) is 0 Å². The zero-order chi connectivity index (χ0) is 14.9. The highest BCUT2D eigenvalue weighted by molar-refractivity contribution is 5.20. The lowest BCUT2D eigenvalue weighted by Gasteiger charge is -2.35. The van der Waals surface area contributed by atoms with Gasteiger partial charge in [-0.25, -0.2) is 0 Å². The van der Waals surface area contributed by atoms with Gasteiger partial charge in [0.25, 0.3) is 0 Å². The minimum atomic E-state index is 0.850. The fourth-order valence-electron chi connectivity index (χ4n) is 3.57. The topological polar surface area (TPSA) is 21.3 Å². The Kier molecular flexibility index (Phi) is 7.08. The Hall–Kier alpha value is -1.02. The Morgan fingerprint density at radius 3 is 2.71 bits per heavy atom. The first-order chi connectivity index (χ1) is 10.3. The normalized spacial score (nSPS) is 25.7. The van der Waals surface area contributed by atoms with E-state index in [1.807, 2.05) is 30.3 Å². The van der Waals surface area contributed by atoms with Crippen LogP contribution in [0.15, 0.2) is 30.3 Å². The van der Waals surface area contributed by atoms with E-state index in [0.717, 1.165) is 36.7 Å². The highest BCUT2D eigenvalue weighted by atomic mass is 16.5. The largest absolute Gasteiger partial charge is 0.494 e. The fraction of sp³-hybridized carbons (Fsp3) is 0.684. The van der Waals surface area contributed by atoms with E-state index >= 15 is 0 Å². The van der Waals surface area contributed by atoms with E-state index in [9.17, 15) is 0 Å². The number of hydrogen-bond acceptors (Lipinski definition) is 2. The van der Waals surface area contributed by atoms with E-state index in [1.54, 1.807) is 0 Å². The molecule has 0 saturated heterocycles. The zero-order valence-electron chi connectivity index (χ0n) is 13.7. The van der Waals surface area contributed by atoms with Crippen molar-refractivity contribution in [3.05, 3.63) is 30.3 Å². The molecule has 0 aliphatic heterocycles. The molecule has 2 nitrogen and oxygen atoms in total. The molecule has 0 radical (unpaired) electrons. The molecule has 3 unspecified atom stereocenters. The van der Waals surface area contributed by atoms with Gasteiger partial charge in [0.15, 0.2) is 0 Å². The number of nitrogens with one attached hydrogen (secondary N) is 1. The molecule has 1 fully saturated rings. The molecule has 3 atom stereocenters. The molecule has 2 rings (SSSR count). The standard InChI is InChI=1S/C19H31NO/c1-3-20-15-18-12-11-16(2)14-17(18)8-7-13-21-19-9-5-4-6-10-19/h4-6,9-10,16-18,20H,3,7-8,11-15H2,1-2H3. The van der Waals surface area contributed by atoms with Gasteiger partial charge in [-0.2, -0.15) is 0 Å². The van der Waals surface area contributed by atoms with Gasteiger partial charge in [-0.1, -0.05) is 38.5 Å². The lowest BCUT2D eigenvalue weighted by molar-refractivity contribution is 0.164. The Balaban J connectivity index is 1.71. The van der Waals surface area contributed by atoms with Gasteiger partial charge in [0.1, 0.15) is 5.75 Å². The molecule has 1 saturated carbocycles. The minimum Gasteiger partial charge on any atom is -0.494 e. The molecular weight excluding hydrogens is 258 g/mol. The van der Waals surface area contributed by atoms with Gasteiger partial charge in [-0.05, 0) is 68.7 Å². The quantitative estimate of drug-likeness (QED) is 0.711. The van der Waals surface area contributed by atoms with Gasteiger partial charge in [-0.15, -0.1) is 0 Å². The van der Waals surface area contributed by atoms with Gasteiger partial charge >= 0.3 is 0 Å². The van der Waals surface area contributed by atoms with Crippen molar-refractivity contribution in [3.63, 3.8) is 0 Å². The molecule has 118 valence electrons. The Morgan fingerprint density at radius 1 is 1.14 bits per heavy atom. The average molecular weight is 289 g/mol. The summed E-state index contributed by atoms with van der Waals surface area (Å²) in [6.07, 6.45) is 6.70. The second kappa shape index (κ2) is 9.09. The molecule has 1 aliphatic rings. The first-order valence-electron chi connectivity index (χ1n) is 8.68. The lowest BCUT2D eigenvalue weighted by Crippen LogP contribution is -2.32. The van der Waals surface area contributed by atoms with Crippen LogP contribution in [-0.4, -0.2) is 19.7 Å². The van der Waals surface area contributed by atoms with Gasteiger partial charge in [-0.3, -0.25) is 0 Å². The highest BCUT2D eigenvalue weighted by Gasteiger charge is 2.27. The van der Waals surface area contributed by atoms with E-state index in [1.165, 1.54) is 38.6 Å². The summed E-state index contributed by atoms with van der Waals surface area (Å²) >= 11 is 0. The third-order valence-electron chi connectivity index (χ3n) is 4.79.